The molecule has 0 aromatic heterocycles. The fourth-order valence-electron chi connectivity index (χ4n) is 2.89. The van der Waals surface area contributed by atoms with E-state index < -0.39 is 0 Å². The van der Waals surface area contributed by atoms with Crippen LogP contribution in [0.2, 0.25) is 0 Å². The number of phenols is 1. The summed E-state index contributed by atoms with van der Waals surface area (Å²) in [6.45, 7) is 16.2. The summed E-state index contributed by atoms with van der Waals surface area (Å²) in [6, 6.07) is 3.83. The Bertz CT molecular complexity index is 820. The molecular weight excluding hydrogens is 270 g/mol. The van der Waals surface area contributed by atoms with Gasteiger partial charge in [-0.2, -0.15) is 0 Å². The summed E-state index contributed by atoms with van der Waals surface area (Å²) in [5.41, 5.74) is 5.39. The molecule has 1 aliphatic rings. The summed E-state index contributed by atoms with van der Waals surface area (Å²) in [5.74, 6) is 0.279. The number of aromatic hydroxyl groups is 1. The molecule has 0 saturated carbocycles. The first kappa shape index (κ1) is 16.3. The summed E-state index contributed by atoms with van der Waals surface area (Å²) >= 11 is 0. The standard InChI is InChI=1S/C20H25NO/c1-8-12(2)14(4)15(5)17-9-16-13(3)11-20(6,7)21-18(16)10-19(17)22/h8-11,22H,1H2,2-7H3/b14-12+,17-15+. The van der Waals surface area contributed by atoms with Crippen LogP contribution >= 0.6 is 0 Å². The normalized spacial score (nSPS) is 18.5. The van der Waals surface area contributed by atoms with Crippen molar-refractivity contribution in [1.82, 2.24) is 0 Å². The highest BCUT2D eigenvalue weighted by atomic mass is 16.3. The van der Waals surface area contributed by atoms with Crippen molar-refractivity contribution >= 4 is 11.1 Å². The summed E-state index contributed by atoms with van der Waals surface area (Å²) in [5, 5.41) is 12.2. The van der Waals surface area contributed by atoms with Crippen LogP contribution < -0.4 is 10.6 Å². The molecule has 0 fully saturated rings. The molecule has 1 aromatic rings. The highest BCUT2D eigenvalue weighted by molar-refractivity contribution is 5.70. The topological polar surface area (TPSA) is 32.6 Å². The van der Waals surface area contributed by atoms with E-state index in [0.717, 1.165) is 32.9 Å². The molecule has 2 rings (SSSR count). The maximum atomic E-state index is 10.4. The van der Waals surface area contributed by atoms with Gasteiger partial charge >= 0.3 is 0 Å². The Kier molecular flexibility index (Phi) is 4.15. The van der Waals surface area contributed by atoms with Gasteiger partial charge in [0.15, 0.2) is 0 Å². The molecule has 2 heteroatoms. The first-order valence-corrected chi connectivity index (χ1v) is 7.60. The number of benzene rings is 1. The predicted octanol–water partition coefficient (Wildman–Crippen LogP) is 3.90. The first-order chi connectivity index (χ1) is 10.2. The maximum absolute atomic E-state index is 10.4. The Balaban J connectivity index is 2.83. The van der Waals surface area contributed by atoms with Gasteiger partial charge < -0.3 is 5.11 Å². The molecule has 1 N–H and O–H groups in total. The third kappa shape index (κ3) is 2.92. The van der Waals surface area contributed by atoms with Crippen LogP contribution in [-0.2, 0) is 0 Å². The second kappa shape index (κ2) is 5.60. The van der Waals surface area contributed by atoms with E-state index in [1.165, 1.54) is 5.57 Å². The van der Waals surface area contributed by atoms with Gasteiger partial charge in [-0.1, -0.05) is 18.7 Å². The van der Waals surface area contributed by atoms with Crippen molar-refractivity contribution in [2.75, 3.05) is 0 Å². The van der Waals surface area contributed by atoms with Crippen LogP contribution in [0.4, 0.5) is 0 Å². The van der Waals surface area contributed by atoms with E-state index in [1.807, 2.05) is 26.0 Å². The average molecular weight is 295 g/mol. The SMILES string of the molecule is C=C/C(C)=C(C)/C(C)=c1\cc2c(cc1O)=NC(C)(C)C=C2C. The van der Waals surface area contributed by atoms with Crippen molar-refractivity contribution < 1.29 is 5.11 Å². The van der Waals surface area contributed by atoms with Gasteiger partial charge in [0.25, 0.3) is 0 Å². The minimum absolute atomic E-state index is 0.223. The van der Waals surface area contributed by atoms with Gasteiger partial charge in [0.1, 0.15) is 5.75 Å². The van der Waals surface area contributed by atoms with Crippen molar-refractivity contribution in [1.29, 1.82) is 0 Å². The molecule has 0 amide bonds. The van der Waals surface area contributed by atoms with Gasteiger partial charge in [-0.3, -0.25) is 4.99 Å². The highest BCUT2D eigenvalue weighted by Crippen LogP contribution is 2.23. The molecule has 1 aromatic carbocycles. The zero-order chi connectivity index (χ0) is 16.7. The zero-order valence-electron chi connectivity index (χ0n) is 14.4. The van der Waals surface area contributed by atoms with Gasteiger partial charge in [0.05, 0.1) is 10.9 Å². The smallest absolute Gasteiger partial charge is 0.125 e. The Hall–Kier alpha value is -2.09. The molecule has 22 heavy (non-hydrogen) atoms. The fourth-order valence-corrected chi connectivity index (χ4v) is 2.89. The van der Waals surface area contributed by atoms with E-state index in [-0.39, 0.29) is 11.3 Å². The average Bonchev–Trinajstić information content (AvgIpc) is 2.43. The monoisotopic (exact) mass is 295 g/mol. The van der Waals surface area contributed by atoms with E-state index in [0.29, 0.717) is 0 Å². The lowest BCUT2D eigenvalue weighted by molar-refractivity contribution is 0.469. The van der Waals surface area contributed by atoms with Gasteiger partial charge in [-0.05, 0) is 69.9 Å². The summed E-state index contributed by atoms with van der Waals surface area (Å²) in [7, 11) is 0. The highest BCUT2D eigenvalue weighted by Gasteiger charge is 2.19. The third-order valence-electron chi connectivity index (χ3n) is 4.38. The molecule has 1 aliphatic heterocycles. The van der Waals surface area contributed by atoms with Crippen LogP contribution in [0.25, 0.3) is 11.1 Å². The molecule has 0 spiro atoms. The van der Waals surface area contributed by atoms with Crippen LogP contribution in [0.1, 0.15) is 47.1 Å². The van der Waals surface area contributed by atoms with Crippen molar-refractivity contribution in [3.05, 3.63) is 58.1 Å². The number of nitrogens with zero attached hydrogens (tertiary/aromatic N) is 1. The molecule has 0 atom stereocenters. The molecule has 0 aliphatic carbocycles. The van der Waals surface area contributed by atoms with Crippen LogP contribution in [0, 0.1) is 0 Å². The van der Waals surface area contributed by atoms with Gasteiger partial charge in [0, 0.05) is 16.8 Å². The maximum Gasteiger partial charge on any atom is 0.125 e. The van der Waals surface area contributed by atoms with Gasteiger partial charge in [-0.15, -0.1) is 0 Å². The quantitative estimate of drug-likeness (QED) is 0.825. The molecule has 0 saturated heterocycles. The molecular formula is C20H25NO. The lowest BCUT2D eigenvalue weighted by atomic mass is 9.92. The van der Waals surface area contributed by atoms with Crippen LogP contribution in [-0.4, -0.2) is 10.6 Å². The minimum atomic E-state index is -0.223. The van der Waals surface area contributed by atoms with Crippen molar-refractivity contribution in [3.8, 4) is 5.75 Å². The van der Waals surface area contributed by atoms with Crippen molar-refractivity contribution in [2.24, 2.45) is 4.99 Å². The van der Waals surface area contributed by atoms with E-state index in [9.17, 15) is 5.11 Å². The van der Waals surface area contributed by atoms with Gasteiger partial charge in [-0.25, -0.2) is 0 Å². The second-order valence-corrected chi connectivity index (χ2v) is 6.62. The van der Waals surface area contributed by atoms with Gasteiger partial charge in [0.2, 0.25) is 0 Å². The minimum Gasteiger partial charge on any atom is -0.507 e. The molecule has 1 heterocycles. The Morgan fingerprint density at radius 2 is 1.86 bits per heavy atom. The fraction of sp³-hybridized carbons (Fsp3) is 0.350. The van der Waals surface area contributed by atoms with Crippen molar-refractivity contribution in [2.45, 2.75) is 47.1 Å². The van der Waals surface area contributed by atoms with Crippen LogP contribution in [0.5, 0.6) is 5.75 Å². The Morgan fingerprint density at radius 1 is 1.23 bits per heavy atom. The second-order valence-electron chi connectivity index (χ2n) is 6.62. The molecule has 0 bridgehead atoms. The predicted molar refractivity (Wildman–Crippen MR) is 94.3 cm³/mol. The Labute approximate surface area is 132 Å². The number of rotatable bonds is 2. The summed E-state index contributed by atoms with van der Waals surface area (Å²) in [4.78, 5) is 4.71. The Morgan fingerprint density at radius 3 is 2.45 bits per heavy atom. The molecule has 0 unspecified atom stereocenters. The molecule has 116 valence electrons. The van der Waals surface area contributed by atoms with Crippen LogP contribution in [0.3, 0.4) is 0 Å². The van der Waals surface area contributed by atoms with Crippen LogP contribution in [0.15, 0.2) is 47.0 Å². The first-order valence-electron chi connectivity index (χ1n) is 7.60. The molecule has 2 nitrogen and oxygen atoms in total. The largest absolute Gasteiger partial charge is 0.507 e. The lowest BCUT2D eigenvalue weighted by Gasteiger charge is -2.22. The van der Waals surface area contributed by atoms with E-state index in [1.54, 1.807) is 6.07 Å². The number of hydrogen-bond donors (Lipinski definition) is 1. The van der Waals surface area contributed by atoms with Crippen molar-refractivity contribution in [3.63, 3.8) is 0 Å². The number of phenolic OH excluding ortho intramolecular Hbond substituents is 1. The third-order valence-corrected chi connectivity index (χ3v) is 4.38. The number of hydrogen-bond acceptors (Lipinski definition) is 2. The summed E-state index contributed by atoms with van der Waals surface area (Å²) < 4.78 is 0. The number of allylic oxidation sites excluding steroid dienone is 4. The zero-order valence-corrected chi connectivity index (χ0v) is 14.4. The summed E-state index contributed by atoms with van der Waals surface area (Å²) in [6.07, 6.45) is 4.01. The van der Waals surface area contributed by atoms with E-state index in [4.69, 9.17) is 4.99 Å². The lowest BCUT2D eigenvalue weighted by Crippen LogP contribution is -2.27. The number of fused-ring (bicyclic) bond motifs is 1. The molecule has 0 radical (unpaired) electrons. The van der Waals surface area contributed by atoms with E-state index >= 15 is 0 Å². The van der Waals surface area contributed by atoms with E-state index in [2.05, 4.69) is 40.3 Å².